The Bertz CT molecular complexity index is 1330. The van der Waals surface area contributed by atoms with Gasteiger partial charge in [-0.25, -0.2) is 0 Å². The Balaban J connectivity index is 1.53. The van der Waals surface area contributed by atoms with Crippen LogP contribution in [0.15, 0.2) is 77.8 Å². The number of Topliss-reactive ketones (excluding diaryl/α,β-unsaturated/α-hetero) is 1. The van der Waals surface area contributed by atoms with Crippen molar-refractivity contribution in [2.45, 2.75) is 19.4 Å². The Morgan fingerprint density at radius 1 is 1.06 bits per heavy atom. The molecule has 5 rings (SSSR count). The fourth-order valence-electron chi connectivity index (χ4n) is 4.30. The van der Waals surface area contributed by atoms with Crippen molar-refractivity contribution in [3.63, 3.8) is 0 Å². The first-order valence-electron chi connectivity index (χ1n) is 10.5. The Labute approximate surface area is 189 Å². The van der Waals surface area contributed by atoms with Crippen LogP contribution >= 0.6 is 11.3 Å². The number of hydrogen-bond acceptors (Lipinski definition) is 4. The number of amides is 1. The van der Waals surface area contributed by atoms with Crippen molar-refractivity contribution >= 4 is 39.7 Å². The van der Waals surface area contributed by atoms with Crippen molar-refractivity contribution in [3.8, 4) is 0 Å². The van der Waals surface area contributed by atoms with Gasteiger partial charge in [-0.3, -0.25) is 9.59 Å². The standard InChI is InChI=1S/C26H22N2O3S/c1-16-8-10-17(11-9-16)24(29)22-23(21-7-4-14-32-21)28(26(31)25(22)30)13-12-18-15-27-20-6-3-2-5-19(18)20/h2-11,14-15,23,27,29H,12-13H2,1H3/t23-/m0/s1. The molecule has 32 heavy (non-hydrogen) atoms. The summed E-state index contributed by atoms with van der Waals surface area (Å²) in [6.45, 7) is 2.33. The summed E-state index contributed by atoms with van der Waals surface area (Å²) in [6.07, 6.45) is 2.55. The lowest BCUT2D eigenvalue weighted by Crippen LogP contribution is -2.31. The van der Waals surface area contributed by atoms with Gasteiger partial charge in [0.2, 0.25) is 0 Å². The molecule has 4 aromatic rings. The van der Waals surface area contributed by atoms with Crippen LogP contribution in [0, 0.1) is 6.92 Å². The van der Waals surface area contributed by atoms with E-state index in [1.807, 2.05) is 67.0 Å². The minimum absolute atomic E-state index is 0.128. The topological polar surface area (TPSA) is 73.4 Å². The van der Waals surface area contributed by atoms with Crippen LogP contribution in [0.4, 0.5) is 0 Å². The number of para-hydroxylation sites is 1. The Morgan fingerprint density at radius 2 is 1.84 bits per heavy atom. The van der Waals surface area contributed by atoms with Gasteiger partial charge < -0.3 is 15.0 Å². The van der Waals surface area contributed by atoms with E-state index in [0.29, 0.717) is 18.5 Å². The largest absolute Gasteiger partial charge is 0.507 e. The molecule has 160 valence electrons. The second kappa shape index (κ2) is 8.13. The van der Waals surface area contributed by atoms with Crippen LogP contribution < -0.4 is 0 Å². The number of carbonyl (C=O) groups is 2. The molecule has 1 amide bonds. The summed E-state index contributed by atoms with van der Waals surface area (Å²) in [7, 11) is 0. The van der Waals surface area contributed by atoms with Crippen LogP contribution in [0.25, 0.3) is 16.7 Å². The number of nitrogens with zero attached hydrogens (tertiary/aromatic N) is 1. The lowest BCUT2D eigenvalue weighted by Gasteiger charge is -2.24. The van der Waals surface area contributed by atoms with E-state index in [-0.39, 0.29) is 11.3 Å². The number of carbonyl (C=O) groups excluding carboxylic acids is 2. The monoisotopic (exact) mass is 442 g/mol. The second-order valence-electron chi connectivity index (χ2n) is 7.98. The number of benzene rings is 2. The lowest BCUT2D eigenvalue weighted by molar-refractivity contribution is -0.139. The molecule has 1 aliphatic rings. The number of aromatic nitrogens is 1. The zero-order valence-electron chi connectivity index (χ0n) is 17.5. The fraction of sp³-hybridized carbons (Fsp3) is 0.154. The highest BCUT2D eigenvalue weighted by Crippen LogP contribution is 2.41. The first-order valence-corrected chi connectivity index (χ1v) is 11.4. The highest BCUT2D eigenvalue weighted by Gasteiger charge is 2.46. The van der Waals surface area contributed by atoms with Crippen molar-refractivity contribution in [3.05, 3.63) is 99.4 Å². The second-order valence-corrected chi connectivity index (χ2v) is 8.96. The number of fused-ring (bicyclic) bond motifs is 1. The Kier molecular flexibility index (Phi) is 5.15. The predicted molar refractivity (Wildman–Crippen MR) is 127 cm³/mol. The van der Waals surface area contributed by atoms with Crippen molar-refractivity contribution in [2.24, 2.45) is 0 Å². The minimum atomic E-state index is -0.639. The quantitative estimate of drug-likeness (QED) is 0.253. The number of aryl methyl sites for hydroxylation is 1. The van der Waals surface area contributed by atoms with Gasteiger partial charge in [-0.2, -0.15) is 0 Å². The Hall–Kier alpha value is -3.64. The molecule has 0 aliphatic carbocycles. The van der Waals surface area contributed by atoms with Crippen LogP contribution in [0.3, 0.4) is 0 Å². The van der Waals surface area contributed by atoms with Crippen LogP contribution in [0.1, 0.15) is 27.6 Å². The smallest absolute Gasteiger partial charge is 0.295 e. The van der Waals surface area contributed by atoms with Gasteiger partial charge in [0.15, 0.2) is 0 Å². The summed E-state index contributed by atoms with van der Waals surface area (Å²) in [4.78, 5) is 31.8. The molecule has 6 heteroatoms. The van der Waals surface area contributed by atoms with Gasteiger partial charge in [0.1, 0.15) is 5.76 Å². The molecule has 0 spiro atoms. The molecular weight excluding hydrogens is 420 g/mol. The average molecular weight is 443 g/mol. The highest BCUT2D eigenvalue weighted by molar-refractivity contribution is 7.10. The zero-order chi connectivity index (χ0) is 22.2. The van der Waals surface area contributed by atoms with Gasteiger partial charge in [0.25, 0.3) is 11.7 Å². The normalized spacial score (nSPS) is 18.0. The average Bonchev–Trinajstić information content (AvgIpc) is 3.52. The third-order valence-corrected chi connectivity index (χ3v) is 6.90. The number of rotatable bonds is 5. The number of aromatic amines is 1. The third-order valence-electron chi connectivity index (χ3n) is 5.97. The molecule has 1 saturated heterocycles. The van der Waals surface area contributed by atoms with E-state index in [9.17, 15) is 14.7 Å². The summed E-state index contributed by atoms with van der Waals surface area (Å²) in [6, 6.07) is 18.5. The van der Waals surface area contributed by atoms with E-state index >= 15 is 0 Å². The van der Waals surface area contributed by atoms with E-state index < -0.39 is 17.7 Å². The molecule has 2 aromatic heterocycles. The molecule has 5 nitrogen and oxygen atoms in total. The highest BCUT2D eigenvalue weighted by atomic mass is 32.1. The molecule has 1 fully saturated rings. The van der Waals surface area contributed by atoms with Crippen LogP contribution in [-0.4, -0.2) is 33.2 Å². The van der Waals surface area contributed by atoms with Crippen LogP contribution in [0.5, 0.6) is 0 Å². The molecule has 2 N–H and O–H groups in total. The molecule has 2 aromatic carbocycles. The van der Waals surface area contributed by atoms with Gasteiger partial charge in [-0.05, 0) is 36.4 Å². The number of likely N-dealkylation sites (tertiary alicyclic amines) is 1. The van der Waals surface area contributed by atoms with Crippen LogP contribution in [-0.2, 0) is 16.0 Å². The first-order chi connectivity index (χ1) is 15.5. The van der Waals surface area contributed by atoms with Crippen molar-refractivity contribution in [1.29, 1.82) is 0 Å². The summed E-state index contributed by atoms with van der Waals surface area (Å²) in [5.41, 5.74) is 3.87. The SMILES string of the molecule is Cc1ccc(C(O)=C2C(=O)C(=O)N(CCc3c[nH]c4ccccc34)[C@H]2c2cccs2)cc1. The van der Waals surface area contributed by atoms with E-state index in [2.05, 4.69) is 4.98 Å². The van der Waals surface area contributed by atoms with E-state index in [1.54, 1.807) is 17.0 Å². The molecule has 0 saturated carbocycles. The van der Waals surface area contributed by atoms with E-state index in [1.165, 1.54) is 11.3 Å². The number of hydrogen-bond donors (Lipinski definition) is 2. The van der Waals surface area contributed by atoms with Crippen molar-refractivity contribution in [2.75, 3.05) is 6.54 Å². The first kappa shape index (κ1) is 20.3. The molecule has 3 heterocycles. The number of H-pyrrole nitrogens is 1. The number of aliphatic hydroxyl groups is 1. The number of aliphatic hydroxyl groups excluding tert-OH is 1. The molecule has 1 atom stereocenters. The minimum Gasteiger partial charge on any atom is -0.507 e. The maximum atomic E-state index is 13.1. The van der Waals surface area contributed by atoms with Gasteiger partial charge in [-0.15, -0.1) is 11.3 Å². The number of ketones is 1. The summed E-state index contributed by atoms with van der Waals surface area (Å²) < 4.78 is 0. The fourth-order valence-corrected chi connectivity index (χ4v) is 5.14. The third kappa shape index (κ3) is 3.42. The zero-order valence-corrected chi connectivity index (χ0v) is 18.4. The Morgan fingerprint density at radius 3 is 2.59 bits per heavy atom. The van der Waals surface area contributed by atoms with Gasteiger partial charge >= 0.3 is 0 Å². The molecular formula is C26H22N2O3S. The van der Waals surface area contributed by atoms with Crippen molar-refractivity contribution < 1.29 is 14.7 Å². The summed E-state index contributed by atoms with van der Waals surface area (Å²) >= 11 is 1.48. The molecule has 1 aliphatic heterocycles. The van der Waals surface area contributed by atoms with E-state index in [4.69, 9.17) is 0 Å². The summed E-state index contributed by atoms with van der Waals surface area (Å²) in [5, 5.41) is 14.1. The maximum absolute atomic E-state index is 13.1. The molecule has 0 radical (unpaired) electrons. The van der Waals surface area contributed by atoms with Gasteiger partial charge in [-0.1, -0.05) is 54.1 Å². The van der Waals surface area contributed by atoms with Crippen LogP contribution in [0.2, 0.25) is 0 Å². The summed E-state index contributed by atoms with van der Waals surface area (Å²) in [5.74, 6) is -1.34. The van der Waals surface area contributed by atoms with Crippen molar-refractivity contribution in [1.82, 2.24) is 9.88 Å². The van der Waals surface area contributed by atoms with E-state index in [0.717, 1.165) is 26.9 Å². The van der Waals surface area contributed by atoms with Gasteiger partial charge in [0.05, 0.1) is 11.6 Å². The maximum Gasteiger partial charge on any atom is 0.295 e. The molecule has 0 bridgehead atoms. The predicted octanol–water partition coefficient (Wildman–Crippen LogP) is 5.20. The lowest BCUT2D eigenvalue weighted by atomic mass is 9.99. The van der Waals surface area contributed by atoms with Gasteiger partial charge in [0, 0.05) is 34.1 Å². The number of nitrogens with one attached hydrogen (secondary N) is 1. The number of thiophene rings is 1. The molecule has 0 unspecified atom stereocenters.